The number of amides is 1. The van der Waals surface area contributed by atoms with Gasteiger partial charge in [-0.05, 0) is 46.3 Å². The second kappa shape index (κ2) is 6.97. The van der Waals surface area contributed by atoms with Crippen LogP contribution in [0, 0.1) is 0 Å². The number of carbonyl (C=O) groups excluding carboxylic acids is 1. The van der Waals surface area contributed by atoms with Crippen LogP contribution < -0.4 is 10.1 Å². The lowest BCUT2D eigenvalue weighted by Gasteiger charge is -2.09. The highest BCUT2D eigenvalue weighted by Gasteiger charge is 2.07. The number of hydrogen-bond donors (Lipinski definition) is 1. The van der Waals surface area contributed by atoms with Crippen molar-refractivity contribution in [2.24, 2.45) is 0 Å². The summed E-state index contributed by atoms with van der Waals surface area (Å²) in [6.07, 6.45) is 0. The minimum atomic E-state index is -0.270. The van der Waals surface area contributed by atoms with E-state index in [0.29, 0.717) is 21.5 Å². The zero-order chi connectivity index (χ0) is 14.5. The molecule has 0 fully saturated rings. The Hall–Kier alpha value is -1.23. The molecule has 2 aromatic carbocycles. The summed E-state index contributed by atoms with van der Waals surface area (Å²) >= 11 is 15.0. The molecular weight excluding hydrogens is 365 g/mol. The SMILES string of the molecule is O=C(COc1cc(Cl)cc(Cl)c1)Nc1ccccc1Br. The Balaban J connectivity index is 1.94. The van der Waals surface area contributed by atoms with Gasteiger partial charge in [0.15, 0.2) is 6.61 Å². The number of benzene rings is 2. The van der Waals surface area contributed by atoms with Gasteiger partial charge >= 0.3 is 0 Å². The molecule has 0 radical (unpaired) electrons. The summed E-state index contributed by atoms with van der Waals surface area (Å²) in [6.45, 7) is -0.127. The fraction of sp³-hybridized carbons (Fsp3) is 0.0714. The lowest BCUT2D eigenvalue weighted by Crippen LogP contribution is -2.20. The third-order valence-electron chi connectivity index (χ3n) is 2.35. The number of para-hydroxylation sites is 1. The molecular formula is C14H10BrCl2NO2. The molecule has 3 nitrogen and oxygen atoms in total. The monoisotopic (exact) mass is 373 g/mol. The van der Waals surface area contributed by atoms with Crippen molar-refractivity contribution in [1.29, 1.82) is 0 Å². The normalized spacial score (nSPS) is 10.2. The summed E-state index contributed by atoms with van der Waals surface area (Å²) in [5.74, 6) is 0.178. The zero-order valence-electron chi connectivity index (χ0n) is 10.2. The van der Waals surface area contributed by atoms with Crippen molar-refractivity contribution >= 4 is 50.7 Å². The Morgan fingerprint density at radius 1 is 1.15 bits per heavy atom. The summed E-state index contributed by atoms with van der Waals surface area (Å²) in [5.41, 5.74) is 0.685. The van der Waals surface area contributed by atoms with E-state index in [1.54, 1.807) is 24.3 Å². The van der Waals surface area contributed by atoms with Gasteiger partial charge in [-0.15, -0.1) is 0 Å². The van der Waals surface area contributed by atoms with E-state index < -0.39 is 0 Å². The molecule has 0 saturated carbocycles. The highest BCUT2D eigenvalue weighted by atomic mass is 79.9. The number of ether oxygens (including phenoxy) is 1. The van der Waals surface area contributed by atoms with Gasteiger partial charge in [-0.3, -0.25) is 4.79 Å². The van der Waals surface area contributed by atoms with E-state index in [0.717, 1.165) is 4.47 Å². The van der Waals surface area contributed by atoms with Crippen molar-refractivity contribution in [1.82, 2.24) is 0 Å². The maximum Gasteiger partial charge on any atom is 0.262 e. The summed E-state index contributed by atoms with van der Waals surface area (Å²) < 4.78 is 6.15. The summed E-state index contributed by atoms with van der Waals surface area (Å²) in [6, 6.07) is 12.1. The van der Waals surface area contributed by atoms with E-state index >= 15 is 0 Å². The number of anilines is 1. The van der Waals surface area contributed by atoms with Gasteiger partial charge in [-0.2, -0.15) is 0 Å². The van der Waals surface area contributed by atoms with Crippen LogP contribution in [0.1, 0.15) is 0 Å². The first-order valence-corrected chi connectivity index (χ1v) is 7.23. The van der Waals surface area contributed by atoms with Gasteiger partial charge in [0.1, 0.15) is 5.75 Å². The van der Waals surface area contributed by atoms with Gasteiger partial charge in [-0.25, -0.2) is 0 Å². The number of rotatable bonds is 4. The van der Waals surface area contributed by atoms with Crippen LogP contribution >= 0.6 is 39.1 Å². The molecule has 2 rings (SSSR count). The minimum absolute atomic E-state index is 0.127. The fourth-order valence-electron chi connectivity index (χ4n) is 1.51. The summed E-state index contributed by atoms with van der Waals surface area (Å²) in [4.78, 5) is 11.8. The summed E-state index contributed by atoms with van der Waals surface area (Å²) in [7, 11) is 0. The third-order valence-corrected chi connectivity index (χ3v) is 3.48. The predicted octanol–water partition coefficient (Wildman–Crippen LogP) is 4.77. The molecule has 1 N–H and O–H groups in total. The first kappa shape index (κ1) is 15.2. The van der Waals surface area contributed by atoms with E-state index in [1.165, 1.54) is 0 Å². The Morgan fingerprint density at radius 3 is 2.45 bits per heavy atom. The Bertz CT molecular complexity index is 614. The Morgan fingerprint density at radius 2 is 1.80 bits per heavy atom. The second-order valence-electron chi connectivity index (χ2n) is 3.92. The number of nitrogens with one attached hydrogen (secondary N) is 1. The van der Waals surface area contributed by atoms with Crippen LogP contribution in [-0.2, 0) is 4.79 Å². The van der Waals surface area contributed by atoms with Crippen LogP contribution in [0.2, 0.25) is 10.0 Å². The standard InChI is InChI=1S/C14H10BrCl2NO2/c15-12-3-1-2-4-13(12)18-14(19)8-20-11-6-9(16)5-10(17)7-11/h1-7H,8H2,(H,18,19). The molecule has 0 aliphatic heterocycles. The average molecular weight is 375 g/mol. The van der Waals surface area contributed by atoms with Gasteiger partial charge in [0.05, 0.1) is 5.69 Å². The zero-order valence-corrected chi connectivity index (χ0v) is 13.3. The molecule has 0 bridgehead atoms. The number of carbonyl (C=O) groups is 1. The lowest BCUT2D eigenvalue weighted by molar-refractivity contribution is -0.118. The van der Waals surface area contributed by atoms with E-state index in [1.807, 2.05) is 18.2 Å². The molecule has 0 unspecified atom stereocenters. The van der Waals surface area contributed by atoms with Crippen LogP contribution in [0.3, 0.4) is 0 Å². The van der Waals surface area contributed by atoms with E-state index in [2.05, 4.69) is 21.2 Å². The van der Waals surface area contributed by atoms with E-state index in [-0.39, 0.29) is 12.5 Å². The van der Waals surface area contributed by atoms with Crippen molar-refractivity contribution in [3.05, 3.63) is 57.0 Å². The molecule has 20 heavy (non-hydrogen) atoms. The highest BCUT2D eigenvalue weighted by molar-refractivity contribution is 9.10. The van der Waals surface area contributed by atoms with Crippen molar-refractivity contribution < 1.29 is 9.53 Å². The van der Waals surface area contributed by atoms with Gasteiger partial charge in [0.2, 0.25) is 0 Å². The van der Waals surface area contributed by atoms with Gasteiger partial charge in [0.25, 0.3) is 5.91 Å². The van der Waals surface area contributed by atoms with Crippen molar-refractivity contribution in [2.45, 2.75) is 0 Å². The number of halogens is 3. The Kier molecular flexibility index (Phi) is 5.29. The Labute approximate surface area is 135 Å². The van der Waals surface area contributed by atoms with Crippen molar-refractivity contribution in [3.8, 4) is 5.75 Å². The molecule has 6 heteroatoms. The topological polar surface area (TPSA) is 38.3 Å². The molecule has 104 valence electrons. The molecule has 0 aromatic heterocycles. The molecule has 1 amide bonds. The van der Waals surface area contributed by atoms with Crippen LogP contribution in [0.4, 0.5) is 5.69 Å². The van der Waals surface area contributed by atoms with Crippen LogP contribution in [0.15, 0.2) is 46.9 Å². The molecule has 0 spiro atoms. The molecule has 0 aliphatic carbocycles. The van der Waals surface area contributed by atoms with E-state index in [9.17, 15) is 4.79 Å². The van der Waals surface area contributed by atoms with Crippen LogP contribution in [0.25, 0.3) is 0 Å². The van der Waals surface area contributed by atoms with Gasteiger partial charge in [0, 0.05) is 14.5 Å². The average Bonchev–Trinajstić information content (AvgIpc) is 2.38. The third kappa shape index (κ3) is 4.40. The predicted molar refractivity (Wildman–Crippen MR) is 84.7 cm³/mol. The summed E-state index contributed by atoms with van der Waals surface area (Å²) in [5, 5.41) is 3.65. The molecule has 2 aromatic rings. The first-order valence-electron chi connectivity index (χ1n) is 5.68. The fourth-order valence-corrected chi connectivity index (χ4v) is 2.40. The van der Waals surface area contributed by atoms with Crippen molar-refractivity contribution in [3.63, 3.8) is 0 Å². The largest absolute Gasteiger partial charge is 0.484 e. The second-order valence-corrected chi connectivity index (χ2v) is 5.65. The molecule has 0 atom stereocenters. The highest BCUT2D eigenvalue weighted by Crippen LogP contribution is 2.24. The van der Waals surface area contributed by atoms with Gasteiger partial charge < -0.3 is 10.1 Å². The maximum absolute atomic E-state index is 11.8. The van der Waals surface area contributed by atoms with Gasteiger partial charge in [-0.1, -0.05) is 35.3 Å². The van der Waals surface area contributed by atoms with Crippen LogP contribution in [-0.4, -0.2) is 12.5 Å². The van der Waals surface area contributed by atoms with E-state index in [4.69, 9.17) is 27.9 Å². The van der Waals surface area contributed by atoms with Crippen molar-refractivity contribution in [2.75, 3.05) is 11.9 Å². The first-order chi connectivity index (χ1) is 9.54. The molecule has 0 aliphatic rings. The van der Waals surface area contributed by atoms with Crippen LogP contribution in [0.5, 0.6) is 5.75 Å². The molecule has 0 saturated heterocycles. The maximum atomic E-state index is 11.8. The lowest BCUT2D eigenvalue weighted by atomic mass is 10.3. The number of hydrogen-bond acceptors (Lipinski definition) is 2. The quantitative estimate of drug-likeness (QED) is 0.836. The molecule has 0 heterocycles. The smallest absolute Gasteiger partial charge is 0.262 e. The minimum Gasteiger partial charge on any atom is -0.484 e.